The second-order valence-electron chi connectivity index (χ2n) is 5.72. The van der Waals surface area contributed by atoms with Crippen molar-refractivity contribution < 1.29 is 9.90 Å². The van der Waals surface area contributed by atoms with Gasteiger partial charge in [0, 0.05) is 15.5 Å². The fraction of sp³-hybridized carbons (Fsp3) is 0.0500. The van der Waals surface area contributed by atoms with Crippen LogP contribution in [0.4, 0.5) is 17.1 Å². The molecule has 2 N–H and O–H groups in total. The number of hydrogen-bond donors (Lipinski definition) is 2. The summed E-state index contributed by atoms with van der Waals surface area (Å²) in [5.74, 6) is 0.0658. The Morgan fingerprint density at radius 1 is 0.880 bits per heavy atom. The van der Waals surface area contributed by atoms with Crippen LogP contribution < -0.4 is 10.2 Å². The van der Waals surface area contributed by atoms with Crippen LogP contribution in [0.5, 0.6) is 5.75 Å². The second-order valence-corrected chi connectivity index (χ2v) is 6.80. The summed E-state index contributed by atoms with van der Waals surface area (Å²) in [5, 5.41) is 12.2. The summed E-state index contributed by atoms with van der Waals surface area (Å²) in [6.45, 7) is 0.218. The average Bonchev–Trinajstić information content (AvgIpc) is 2.63. The van der Waals surface area contributed by atoms with E-state index in [2.05, 4.69) is 17.4 Å². The smallest absolute Gasteiger partial charge is 0.244 e. The van der Waals surface area contributed by atoms with Crippen molar-refractivity contribution in [2.45, 2.75) is 9.79 Å². The minimum atomic E-state index is -0.109. The lowest BCUT2D eigenvalue weighted by Gasteiger charge is -2.32. The van der Waals surface area contributed by atoms with Crippen molar-refractivity contribution in [1.29, 1.82) is 0 Å². The normalized spacial score (nSPS) is 12.2. The Morgan fingerprint density at radius 3 is 2.04 bits per heavy atom. The third-order valence-electron chi connectivity index (χ3n) is 3.98. The zero-order valence-electron chi connectivity index (χ0n) is 13.3. The number of amides is 1. The molecule has 0 saturated carbocycles. The Labute approximate surface area is 150 Å². The van der Waals surface area contributed by atoms with E-state index in [-0.39, 0.29) is 18.2 Å². The Morgan fingerprint density at radius 2 is 1.44 bits per heavy atom. The quantitative estimate of drug-likeness (QED) is 0.678. The first-order valence-corrected chi connectivity index (χ1v) is 8.75. The van der Waals surface area contributed by atoms with Gasteiger partial charge in [-0.2, -0.15) is 0 Å². The van der Waals surface area contributed by atoms with Gasteiger partial charge >= 0.3 is 0 Å². The molecule has 0 bridgehead atoms. The van der Waals surface area contributed by atoms with Crippen LogP contribution in [0.3, 0.4) is 0 Å². The van der Waals surface area contributed by atoms with E-state index in [0.29, 0.717) is 5.69 Å². The van der Waals surface area contributed by atoms with Crippen molar-refractivity contribution in [2.24, 2.45) is 0 Å². The third-order valence-corrected chi connectivity index (χ3v) is 5.12. The summed E-state index contributed by atoms with van der Waals surface area (Å²) in [7, 11) is 0. The summed E-state index contributed by atoms with van der Waals surface area (Å²) < 4.78 is 0. The summed E-state index contributed by atoms with van der Waals surface area (Å²) in [6, 6.07) is 22.7. The monoisotopic (exact) mass is 348 g/mol. The van der Waals surface area contributed by atoms with Gasteiger partial charge in [0.25, 0.3) is 0 Å². The van der Waals surface area contributed by atoms with Crippen LogP contribution in [0.15, 0.2) is 82.6 Å². The fourth-order valence-corrected chi connectivity index (χ4v) is 3.94. The molecule has 0 fully saturated rings. The maximum atomic E-state index is 12.6. The lowest BCUT2D eigenvalue weighted by Crippen LogP contribution is -2.31. The molecule has 4 nitrogen and oxygen atoms in total. The Hall–Kier alpha value is -2.92. The van der Waals surface area contributed by atoms with Gasteiger partial charge in [0.1, 0.15) is 12.3 Å². The van der Waals surface area contributed by atoms with Crippen molar-refractivity contribution in [3.8, 4) is 5.75 Å². The zero-order valence-corrected chi connectivity index (χ0v) is 14.2. The van der Waals surface area contributed by atoms with E-state index in [0.717, 1.165) is 21.2 Å². The van der Waals surface area contributed by atoms with Crippen molar-refractivity contribution in [3.63, 3.8) is 0 Å². The first kappa shape index (κ1) is 15.6. The number of benzene rings is 3. The highest BCUT2D eigenvalue weighted by Gasteiger charge is 2.24. The molecule has 25 heavy (non-hydrogen) atoms. The molecule has 4 rings (SSSR count). The number of hydrogen-bond acceptors (Lipinski definition) is 4. The van der Waals surface area contributed by atoms with Crippen LogP contribution in [0.25, 0.3) is 0 Å². The zero-order chi connectivity index (χ0) is 17.2. The Bertz CT molecular complexity index is 879. The second kappa shape index (κ2) is 6.53. The summed E-state index contributed by atoms with van der Waals surface area (Å²) in [6.07, 6.45) is 0. The highest BCUT2D eigenvalue weighted by molar-refractivity contribution is 7.99. The van der Waals surface area contributed by atoms with E-state index in [9.17, 15) is 9.90 Å². The van der Waals surface area contributed by atoms with Crippen LogP contribution in [-0.4, -0.2) is 17.6 Å². The van der Waals surface area contributed by atoms with E-state index in [1.807, 2.05) is 41.3 Å². The number of aromatic hydroxyl groups is 1. The number of para-hydroxylation sites is 2. The van der Waals surface area contributed by atoms with E-state index in [1.54, 1.807) is 36.0 Å². The number of fused-ring (bicyclic) bond motifs is 2. The molecule has 3 aromatic rings. The summed E-state index contributed by atoms with van der Waals surface area (Å²) in [4.78, 5) is 16.9. The molecule has 1 aliphatic rings. The largest absolute Gasteiger partial charge is 0.508 e. The standard InChI is InChI=1S/C20H16N2O2S/c23-15-11-9-14(10-12-15)21-20(24)13-22-16-5-1-3-7-18(16)25-19-8-4-2-6-17(19)22/h1-12,23H,13H2,(H,21,24). The molecule has 1 aliphatic heterocycles. The highest BCUT2D eigenvalue weighted by atomic mass is 32.2. The first-order chi connectivity index (χ1) is 12.2. The van der Waals surface area contributed by atoms with Gasteiger partial charge in [0.05, 0.1) is 11.4 Å². The number of carbonyl (C=O) groups excluding carboxylic acids is 1. The maximum absolute atomic E-state index is 12.6. The number of anilines is 3. The van der Waals surface area contributed by atoms with Gasteiger partial charge < -0.3 is 15.3 Å². The minimum absolute atomic E-state index is 0.109. The predicted octanol–water partition coefficient (Wildman–Crippen LogP) is 4.63. The van der Waals surface area contributed by atoms with Gasteiger partial charge in [-0.3, -0.25) is 4.79 Å². The van der Waals surface area contributed by atoms with Crippen molar-refractivity contribution in [3.05, 3.63) is 72.8 Å². The molecule has 1 amide bonds. The van der Waals surface area contributed by atoms with E-state index in [1.165, 1.54) is 0 Å². The third kappa shape index (κ3) is 3.19. The van der Waals surface area contributed by atoms with E-state index < -0.39 is 0 Å². The lowest BCUT2D eigenvalue weighted by atomic mass is 10.2. The Kier molecular flexibility index (Phi) is 4.07. The van der Waals surface area contributed by atoms with Crippen LogP contribution in [0, 0.1) is 0 Å². The molecular weight excluding hydrogens is 332 g/mol. The van der Waals surface area contributed by atoms with Gasteiger partial charge in [-0.1, -0.05) is 36.0 Å². The molecule has 5 heteroatoms. The number of phenols is 1. The number of nitrogens with zero attached hydrogens (tertiary/aromatic N) is 1. The van der Waals surface area contributed by atoms with E-state index in [4.69, 9.17) is 0 Å². The van der Waals surface area contributed by atoms with Gasteiger partial charge in [-0.05, 0) is 48.5 Å². The minimum Gasteiger partial charge on any atom is -0.508 e. The Balaban J connectivity index is 1.61. The molecule has 0 aromatic heterocycles. The molecule has 3 aromatic carbocycles. The maximum Gasteiger partial charge on any atom is 0.244 e. The van der Waals surface area contributed by atoms with Crippen LogP contribution >= 0.6 is 11.8 Å². The van der Waals surface area contributed by atoms with Crippen molar-refractivity contribution >= 4 is 34.7 Å². The molecule has 0 spiro atoms. The van der Waals surface area contributed by atoms with Crippen LogP contribution in [0.1, 0.15) is 0 Å². The number of phenolic OH excluding ortho intramolecular Hbond substituents is 1. The summed E-state index contributed by atoms with van der Waals surface area (Å²) in [5.41, 5.74) is 2.73. The number of carbonyl (C=O) groups is 1. The molecule has 0 aliphatic carbocycles. The average molecular weight is 348 g/mol. The van der Waals surface area contributed by atoms with Crippen molar-refractivity contribution in [1.82, 2.24) is 0 Å². The molecule has 0 atom stereocenters. The molecule has 124 valence electrons. The molecule has 1 heterocycles. The number of nitrogens with one attached hydrogen (secondary N) is 1. The van der Waals surface area contributed by atoms with Gasteiger partial charge in [-0.15, -0.1) is 0 Å². The topological polar surface area (TPSA) is 52.6 Å². The molecule has 0 unspecified atom stereocenters. The van der Waals surface area contributed by atoms with Gasteiger partial charge in [0.15, 0.2) is 0 Å². The van der Waals surface area contributed by atoms with Crippen LogP contribution in [-0.2, 0) is 4.79 Å². The SMILES string of the molecule is O=C(CN1c2ccccc2Sc2ccccc21)Nc1ccc(O)cc1. The molecule has 0 saturated heterocycles. The molecule has 0 radical (unpaired) electrons. The number of rotatable bonds is 3. The predicted molar refractivity (Wildman–Crippen MR) is 101 cm³/mol. The van der Waals surface area contributed by atoms with Gasteiger partial charge in [0.2, 0.25) is 5.91 Å². The van der Waals surface area contributed by atoms with E-state index >= 15 is 0 Å². The highest BCUT2D eigenvalue weighted by Crippen LogP contribution is 2.47. The summed E-state index contributed by atoms with van der Waals surface area (Å²) >= 11 is 1.72. The van der Waals surface area contributed by atoms with Gasteiger partial charge in [-0.25, -0.2) is 0 Å². The fourth-order valence-electron chi connectivity index (χ4n) is 2.84. The lowest BCUT2D eigenvalue weighted by molar-refractivity contribution is -0.114. The first-order valence-electron chi connectivity index (χ1n) is 7.93. The molecular formula is C20H16N2O2S. The van der Waals surface area contributed by atoms with Crippen LogP contribution in [0.2, 0.25) is 0 Å². The van der Waals surface area contributed by atoms with Crippen molar-refractivity contribution in [2.75, 3.05) is 16.8 Å².